The van der Waals surface area contributed by atoms with Gasteiger partial charge in [-0.15, -0.1) is 0 Å². The number of nitrogens with one attached hydrogen (secondary N) is 3. The van der Waals surface area contributed by atoms with Gasteiger partial charge in [0.25, 0.3) is 0 Å². The minimum atomic E-state index is -1.76. The first-order valence-corrected chi connectivity index (χ1v) is 10.9. The number of carboxylic acids is 2. The summed E-state index contributed by atoms with van der Waals surface area (Å²) in [6, 6.07) is -5.39. The van der Waals surface area contributed by atoms with Crippen LogP contribution in [0.2, 0.25) is 0 Å². The van der Waals surface area contributed by atoms with Gasteiger partial charge in [0, 0.05) is 5.75 Å². The van der Waals surface area contributed by atoms with E-state index in [4.69, 9.17) is 15.9 Å². The van der Waals surface area contributed by atoms with Gasteiger partial charge in [-0.25, -0.2) is 4.79 Å². The van der Waals surface area contributed by atoms with Crippen LogP contribution in [0.3, 0.4) is 0 Å². The third kappa shape index (κ3) is 10.1. The number of nitrogens with two attached hydrogens (primary N) is 1. The zero-order valence-electron chi connectivity index (χ0n) is 16.5. The lowest BCUT2D eigenvalue weighted by molar-refractivity contribution is -0.147. The lowest BCUT2D eigenvalue weighted by Gasteiger charge is -2.25. The first kappa shape index (κ1) is 28.0. The van der Waals surface area contributed by atoms with Crippen molar-refractivity contribution in [3.05, 3.63) is 0 Å². The highest BCUT2D eigenvalue weighted by Crippen LogP contribution is 2.02. The lowest BCUT2D eigenvalue weighted by Crippen LogP contribution is -2.60. The van der Waals surface area contributed by atoms with Crippen molar-refractivity contribution >= 4 is 54.1 Å². The molecule has 0 heterocycles. The van der Waals surface area contributed by atoms with E-state index in [9.17, 15) is 29.1 Å². The molecule has 3 amide bonds. The molecule has 0 radical (unpaired) electrons. The van der Waals surface area contributed by atoms with Gasteiger partial charge in [-0.3, -0.25) is 19.2 Å². The fraction of sp³-hybridized carbons (Fsp3) is 0.688. The Balaban J connectivity index is 5.14. The van der Waals surface area contributed by atoms with Crippen molar-refractivity contribution in [2.75, 3.05) is 17.8 Å². The second-order valence-corrected chi connectivity index (χ2v) is 7.71. The van der Waals surface area contributed by atoms with E-state index in [2.05, 4.69) is 23.3 Å². The third-order valence-corrected chi connectivity index (χ3v) is 4.85. The Morgan fingerprint density at radius 3 is 2.00 bits per heavy atom. The Bertz CT molecular complexity index is 634. The van der Waals surface area contributed by atoms with Gasteiger partial charge in [-0.05, 0) is 25.4 Å². The molecule has 0 rings (SSSR count). The standard InChI is InChI=1S/C16H28N4O8S2/c1-7(21)12(15(26)18-9(16(27)28)5-11(22)23)20-14(25)10(6-29)19-13(24)8(17)3-4-30-2/h7-10,12,21,29H,3-6,17H2,1-2H3,(H,18,26)(H,19,24)(H,20,25)(H,22,23)(H,27,28). The third-order valence-electron chi connectivity index (χ3n) is 3.84. The number of aliphatic hydroxyl groups excluding tert-OH is 1. The summed E-state index contributed by atoms with van der Waals surface area (Å²) in [5.41, 5.74) is 5.74. The Labute approximate surface area is 183 Å². The summed E-state index contributed by atoms with van der Waals surface area (Å²) in [6.45, 7) is 1.17. The van der Waals surface area contributed by atoms with E-state index in [1.807, 2.05) is 11.6 Å². The van der Waals surface area contributed by atoms with Crippen molar-refractivity contribution in [3.8, 4) is 0 Å². The predicted molar refractivity (Wildman–Crippen MR) is 112 cm³/mol. The highest BCUT2D eigenvalue weighted by atomic mass is 32.2. The summed E-state index contributed by atoms with van der Waals surface area (Å²) >= 11 is 5.49. The molecule has 0 aliphatic rings. The number of amides is 3. The van der Waals surface area contributed by atoms with Gasteiger partial charge in [0.05, 0.1) is 18.6 Å². The molecular weight excluding hydrogens is 440 g/mol. The predicted octanol–water partition coefficient (Wildman–Crippen LogP) is -2.61. The van der Waals surface area contributed by atoms with Crippen LogP contribution in [0, 0.1) is 0 Å². The van der Waals surface area contributed by atoms with Crippen molar-refractivity contribution in [3.63, 3.8) is 0 Å². The van der Waals surface area contributed by atoms with Crippen LogP contribution in [0.4, 0.5) is 0 Å². The molecule has 0 aromatic rings. The molecule has 8 N–H and O–H groups in total. The molecule has 5 unspecified atom stereocenters. The molecule has 0 spiro atoms. The number of aliphatic carboxylic acids is 2. The molecule has 0 aromatic carbocycles. The van der Waals surface area contributed by atoms with Crippen LogP contribution in [0.5, 0.6) is 0 Å². The first-order valence-electron chi connectivity index (χ1n) is 8.83. The average molecular weight is 469 g/mol. The molecule has 30 heavy (non-hydrogen) atoms. The molecule has 0 aliphatic heterocycles. The molecule has 5 atom stereocenters. The second kappa shape index (κ2) is 14.1. The van der Waals surface area contributed by atoms with Crippen LogP contribution in [-0.4, -0.2) is 93.0 Å². The number of carbonyl (C=O) groups is 5. The van der Waals surface area contributed by atoms with Crippen molar-refractivity contribution in [2.24, 2.45) is 5.73 Å². The SMILES string of the molecule is CSCCC(N)C(=O)NC(CS)C(=O)NC(C(=O)NC(CC(=O)O)C(=O)O)C(C)O. The van der Waals surface area contributed by atoms with E-state index in [0.717, 1.165) is 0 Å². The topological polar surface area (TPSA) is 208 Å². The Morgan fingerprint density at radius 1 is 1.00 bits per heavy atom. The molecule has 0 fully saturated rings. The molecule has 12 nitrogen and oxygen atoms in total. The molecule has 0 bridgehead atoms. The zero-order chi connectivity index (χ0) is 23.4. The van der Waals surface area contributed by atoms with Crippen molar-refractivity contribution in [1.82, 2.24) is 16.0 Å². The summed E-state index contributed by atoms with van der Waals surface area (Å²) in [6.07, 6.45) is -0.118. The Hall–Kier alpha value is -2.03. The smallest absolute Gasteiger partial charge is 0.326 e. The number of hydrogen-bond donors (Lipinski definition) is 8. The summed E-state index contributed by atoms with van der Waals surface area (Å²) in [5.74, 6) is -5.12. The van der Waals surface area contributed by atoms with Crippen LogP contribution < -0.4 is 21.7 Å². The number of hydrogen-bond acceptors (Lipinski definition) is 9. The van der Waals surface area contributed by atoms with E-state index < -0.39 is 66.4 Å². The second-order valence-electron chi connectivity index (χ2n) is 6.36. The molecular formula is C16H28N4O8S2. The van der Waals surface area contributed by atoms with Crippen LogP contribution >= 0.6 is 24.4 Å². The Morgan fingerprint density at radius 2 is 1.57 bits per heavy atom. The van der Waals surface area contributed by atoms with E-state index >= 15 is 0 Å². The van der Waals surface area contributed by atoms with Gasteiger partial charge in [0.1, 0.15) is 18.1 Å². The monoisotopic (exact) mass is 468 g/mol. The highest BCUT2D eigenvalue weighted by Gasteiger charge is 2.33. The maximum Gasteiger partial charge on any atom is 0.326 e. The summed E-state index contributed by atoms with van der Waals surface area (Å²) in [4.78, 5) is 58.7. The number of carbonyl (C=O) groups excluding carboxylic acids is 3. The molecule has 0 saturated carbocycles. The van der Waals surface area contributed by atoms with Gasteiger partial charge >= 0.3 is 11.9 Å². The number of carboxylic acid groups (broad SMARTS) is 2. The van der Waals surface area contributed by atoms with Crippen molar-refractivity contribution in [1.29, 1.82) is 0 Å². The average Bonchev–Trinajstić information content (AvgIpc) is 2.66. The van der Waals surface area contributed by atoms with Crippen LogP contribution in [-0.2, 0) is 24.0 Å². The van der Waals surface area contributed by atoms with Gasteiger partial charge in [0.15, 0.2) is 0 Å². The van der Waals surface area contributed by atoms with Gasteiger partial charge < -0.3 is 37.0 Å². The van der Waals surface area contributed by atoms with Crippen LogP contribution in [0.15, 0.2) is 0 Å². The van der Waals surface area contributed by atoms with E-state index in [1.54, 1.807) is 0 Å². The van der Waals surface area contributed by atoms with Crippen molar-refractivity contribution < 1.29 is 39.3 Å². The normalized spacial score (nSPS) is 15.8. The van der Waals surface area contributed by atoms with E-state index in [-0.39, 0.29) is 5.75 Å². The van der Waals surface area contributed by atoms with Crippen LogP contribution in [0.1, 0.15) is 19.8 Å². The quantitative estimate of drug-likeness (QED) is 0.125. The highest BCUT2D eigenvalue weighted by molar-refractivity contribution is 7.98. The summed E-state index contributed by atoms with van der Waals surface area (Å²) < 4.78 is 0. The molecule has 0 aromatic heterocycles. The van der Waals surface area contributed by atoms with Crippen LogP contribution in [0.25, 0.3) is 0 Å². The number of rotatable bonds is 14. The van der Waals surface area contributed by atoms with Gasteiger partial charge in [-0.1, -0.05) is 0 Å². The molecule has 0 aliphatic carbocycles. The minimum Gasteiger partial charge on any atom is -0.481 e. The fourth-order valence-electron chi connectivity index (χ4n) is 2.14. The van der Waals surface area contributed by atoms with Gasteiger partial charge in [-0.2, -0.15) is 24.4 Å². The number of thiol groups is 1. The molecule has 14 heteroatoms. The fourth-order valence-corrected chi connectivity index (χ4v) is 2.89. The van der Waals surface area contributed by atoms with E-state index in [1.165, 1.54) is 18.7 Å². The minimum absolute atomic E-state index is 0.141. The summed E-state index contributed by atoms with van der Waals surface area (Å²) in [5, 5.41) is 34.1. The Kier molecular flexibility index (Phi) is 13.1. The van der Waals surface area contributed by atoms with Crippen molar-refractivity contribution in [2.45, 2.75) is 50.0 Å². The lowest BCUT2D eigenvalue weighted by atomic mass is 10.1. The summed E-state index contributed by atoms with van der Waals surface area (Å²) in [7, 11) is 0. The zero-order valence-corrected chi connectivity index (χ0v) is 18.2. The van der Waals surface area contributed by atoms with E-state index in [0.29, 0.717) is 12.2 Å². The largest absolute Gasteiger partial charge is 0.481 e. The molecule has 172 valence electrons. The molecule has 0 saturated heterocycles. The first-order chi connectivity index (χ1) is 13.9. The number of aliphatic hydroxyl groups is 1. The maximum absolute atomic E-state index is 12.4. The van der Waals surface area contributed by atoms with Gasteiger partial charge in [0.2, 0.25) is 17.7 Å². The maximum atomic E-state index is 12.4. The number of thioether (sulfide) groups is 1.